The molecule has 0 atom stereocenters. The molecule has 0 saturated heterocycles. The van der Waals surface area contributed by atoms with E-state index in [-0.39, 0.29) is 12.1 Å². The Kier molecular flexibility index (Phi) is 4.47. The van der Waals surface area contributed by atoms with Crippen LogP contribution in [0.5, 0.6) is 0 Å². The first-order valence-electron chi connectivity index (χ1n) is 7.68. The van der Waals surface area contributed by atoms with E-state index in [0.717, 1.165) is 17.2 Å². The molecule has 0 saturated carbocycles. The van der Waals surface area contributed by atoms with Crippen LogP contribution in [0.3, 0.4) is 0 Å². The number of amides is 1. The Balaban J connectivity index is 1.79. The fourth-order valence-corrected chi connectivity index (χ4v) is 2.43. The molecule has 0 unspecified atom stereocenters. The second-order valence-corrected chi connectivity index (χ2v) is 5.68. The molecular formula is C18H17FN4O2. The molecule has 0 aliphatic carbocycles. The minimum atomic E-state index is -0.691. The van der Waals surface area contributed by atoms with Crippen LogP contribution in [0, 0.1) is 19.7 Å². The Labute approximate surface area is 143 Å². The molecule has 6 nitrogen and oxygen atoms in total. The number of benzene rings is 2. The summed E-state index contributed by atoms with van der Waals surface area (Å²) in [6.07, 6.45) is 0. The maximum absolute atomic E-state index is 13.9. The largest absolute Gasteiger partial charge is 0.377 e. The predicted octanol–water partition coefficient (Wildman–Crippen LogP) is 3.20. The molecule has 0 spiro atoms. The topological polar surface area (TPSA) is 94.0 Å². The zero-order chi connectivity index (χ0) is 18.0. The van der Waals surface area contributed by atoms with Crippen LogP contribution >= 0.6 is 0 Å². The van der Waals surface area contributed by atoms with Crippen molar-refractivity contribution in [3.05, 3.63) is 64.7 Å². The highest BCUT2D eigenvalue weighted by molar-refractivity contribution is 5.94. The maximum Gasteiger partial charge on any atom is 0.258 e. The van der Waals surface area contributed by atoms with Crippen LogP contribution in [0.4, 0.5) is 10.1 Å². The number of halogens is 1. The number of rotatable bonds is 5. The highest BCUT2D eigenvalue weighted by Crippen LogP contribution is 2.23. The van der Waals surface area contributed by atoms with Crippen molar-refractivity contribution in [2.24, 2.45) is 5.73 Å². The molecule has 0 aliphatic rings. The van der Waals surface area contributed by atoms with Gasteiger partial charge in [-0.25, -0.2) is 4.39 Å². The Hall–Kier alpha value is -3.22. The van der Waals surface area contributed by atoms with E-state index in [1.54, 1.807) is 6.92 Å². The first-order chi connectivity index (χ1) is 12.0. The van der Waals surface area contributed by atoms with Gasteiger partial charge in [0.2, 0.25) is 5.91 Å². The number of carbonyl (C=O) groups excluding carboxylic acids is 1. The van der Waals surface area contributed by atoms with Crippen LogP contribution in [0.2, 0.25) is 0 Å². The van der Waals surface area contributed by atoms with Crippen LogP contribution in [-0.4, -0.2) is 16.0 Å². The fraction of sp³-hybridized carbons (Fsp3) is 0.167. The van der Waals surface area contributed by atoms with E-state index >= 15 is 0 Å². The molecule has 3 N–H and O–H groups in total. The van der Waals surface area contributed by atoms with Crippen LogP contribution in [0.15, 0.2) is 40.9 Å². The van der Waals surface area contributed by atoms with Crippen molar-refractivity contribution in [3.8, 4) is 11.5 Å². The summed E-state index contributed by atoms with van der Waals surface area (Å²) in [6.45, 7) is 3.79. The zero-order valence-electron chi connectivity index (χ0n) is 13.8. The lowest BCUT2D eigenvalue weighted by Gasteiger charge is -2.10. The third kappa shape index (κ3) is 3.50. The Morgan fingerprint density at radius 1 is 1.28 bits per heavy atom. The van der Waals surface area contributed by atoms with E-state index in [0.29, 0.717) is 23.0 Å². The van der Waals surface area contributed by atoms with Gasteiger partial charge in [0.25, 0.3) is 5.89 Å². The second kappa shape index (κ2) is 6.72. The van der Waals surface area contributed by atoms with E-state index < -0.39 is 11.7 Å². The summed E-state index contributed by atoms with van der Waals surface area (Å²) in [5.74, 6) is -0.359. The number of hydrogen-bond acceptors (Lipinski definition) is 5. The minimum absolute atomic E-state index is 0.0966. The highest BCUT2D eigenvalue weighted by Gasteiger charge is 2.13. The van der Waals surface area contributed by atoms with E-state index in [2.05, 4.69) is 15.5 Å². The van der Waals surface area contributed by atoms with Gasteiger partial charge in [-0.05, 0) is 37.6 Å². The molecule has 0 fully saturated rings. The molecule has 128 valence electrons. The quantitative estimate of drug-likeness (QED) is 0.744. The fourth-order valence-electron chi connectivity index (χ4n) is 2.43. The number of aryl methyl sites for hydroxylation is 1. The summed E-state index contributed by atoms with van der Waals surface area (Å²) in [4.78, 5) is 15.6. The molecule has 0 aliphatic heterocycles. The lowest BCUT2D eigenvalue weighted by Crippen LogP contribution is -2.13. The molecule has 1 aromatic heterocycles. The van der Waals surface area contributed by atoms with Gasteiger partial charge in [-0.15, -0.1) is 0 Å². The molecule has 3 rings (SSSR count). The number of anilines is 1. The van der Waals surface area contributed by atoms with Gasteiger partial charge in [0.05, 0.1) is 6.54 Å². The number of carbonyl (C=O) groups is 1. The normalized spacial score (nSPS) is 10.7. The minimum Gasteiger partial charge on any atom is -0.377 e. The lowest BCUT2D eigenvalue weighted by molar-refractivity contribution is 0.1000. The molecule has 3 aromatic rings. The standard InChI is InChI=1S/C18H17FN4O2/c1-10-5-3-4-6-13(10)18-22-16(23-25-18)9-21-15-8-12(17(20)24)7-14(19)11(15)2/h3-8,21H,9H2,1-2H3,(H2,20,24). The van der Waals surface area contributed by atoms with Gasteiger partial charge in [-0.1, -0.05) is 23.4 Å². The Bertz CT molecular complexity index is 937. The van der Waals surface area contributed by atoms with Gasteiger partial charge >= 0.3 is 0 Å². The molecule has 25 heavy (non-hydrogen) atoms. The van der Waals surface area contributed by atoms with E-state index in [1.165, 1.54) is 6.07 Å². The smallest absolute Gasteiger partial charge is 0.258 e. The van der Waals surface area contributed by atoms with Crippen molar-refractivity contribution in [2.45, 2.75) is 20.4 Å². The summed E-state index contributed by atoms with van der Waals surface area (Å²) in [6, 6.07) is 10.3. The van der Waals surface area contributed by atoms with Crippen LogP contribution in [-0.2, 0) is 6.54 Å². The number of nitrogens with zero attached hydrogens (tertiary/aromatic N) is 2. The average molecular weight is 340 g/mol. The third-order valence-corrected chi connectivity index (χ3v) is 3.91. The Morgan fingerprint density at radius 3 is 2.76 bits per heavy atom. The van der Waals surface area contributed by atoms with Crippen molar-refractivity contribution < 1.29 is 13.7 Å². The number of aromatic nitrogens is 2. The predicted molar refractivity (Wildman–Crippen MR) is 91.5 cm³/mol. The van der Waals surface area contributed by atoms with E-state index in [4.69, 9.17) is 10.3 Å². The van der Waals surface area contributed by atoms with Gasteiger partial charge < -0.3 is 15.6 Å². The number of nitrogens with one attached hydrogen (secondary N) is 1. The summed E-state index contributed by atoms with van der Waals surface area (Å²) in [7, 11) is 0. The summed E-state index contributed by atoms with van der Waals surface area (Å²) in [5, 5.41) is 6.94. The van der Waals surface area contributed by atoms with Crippen LogP contribution < -0.4 is 11.1 Å². The van der Waals surface area contributed by atoms with Crippen molar-refractivity contribution in [1.29, 1.82) is 0 Å². The molecule has 1 amide bonds. The molecule has 7 heteroatoms. The molecule has 0 bridgehead atoms. The first kappa shape index (κ1) is 16.6. The van der Waals surface area contributed by atoms with E-state index in [1.807, 2.05) is 31.2 Å². The number of primary amides is 1. The van der Waals surface area contributed by atoms with Gasteiger partial charge in [0.1, 0.15) is 5.82 Å². The number of nitrogens with two attached hydrogens (primary N) is 1. The van der Waals surface area contributed by atoms with Crippen molar-refractivity contribution in [1.82, 2.24) is 10.1 Å². The molecule has 0 radical (unpaired) electrons. The highest BCUT2D eigenvalue weighted by atomic mass is 19.1. The van der Waals surface area contributed by atoms with Crippen LogP contribution in [0.25, 0.3) is 11.5 Å². The van der Waals surface area contributed by atoms with Gasteiger partial charge in [0.15, 0.2) is 5.82 Å². The maximum atomic E-state index is 13.9. The average Bonchev–Trinajstić information content (AvgIpc) is 3.05. The van der Waals surface area contributed by atoms with Crippen molar-refractivity contribution in [2.75, 3.05) is 5.32 Å². The lowest BCUT2D eigenvalue weighted by atomic mass is 10.1. The molecular weight excluding hydrogens is 323 g/mol. The second-order valence-electron chi connectivity index (χ2n) is 5.68. The number of hydrogen-bond donors (Lipinski definition) is 2. The van der Waals surface area contributed by atoms with Gasteiger partial charge in [-0.2, -0.15) is 4.98 Å². The van der Waals surface area contributed by atoms with Crippen LogP contribution in [0.1, 0.15) is 27.3 Å². The van der Waals surface area contributed by atoms with Crippen molar-refractivity contribution >= 4 is 11.6 Å². The monoisotopic (exact) mass is 340 g/mol. The summed E-state index contributed by atoms with van der Waals surface area (Å²) < 4.78 is 19.2. The zero-order valence-corrected chi connectivity index (χ0v) is 13.8. The Morgan fingerprint density at radius 2 is 2.04 bits per heavy atom. The molecule has 2 aromatic carbocycles. The summed E-state index contributed by atoms with van der Waals surface area (Å²) in [5.41, 5.74) is 8.04. The van der Waals surface area contributed by atoms with Gasteiger partial charge in [-0.3, -0.25) is 4.79 Å². The summed E-state index contributed by atoms with van der Waals surface area (Å²) >= 11 is 0. The third-order valence-electron chi connectivity index (χ3n) is 3.91. The first-order valence-corrected chi connectivity index (χ1v) is 7.68. The van der Waals surface area contributed by atoms with E-state index in [9.17, 15) is 9.18 Å². The van der Waals surface area contributed by atoms with Crippen molar-refractivity contribution in [3.63, 3.8) is 0 Å². The van der Waals surface area contributed by atoms with Gasteiger partial charge in [0, 0.05) is 22.4 Å². The molecule has 1 heterocycles. The SMILES string of the molecule is Cc1ccccc1-c1nc(CNc2cc(C(N)=O)cc(F)c2C)no1.